The van der Waals surface area contributed by atoms with Crippen LogP contribution in [0.4, 0.5) is 0 Å². The number of H-pyrrole nitrogens is 1. The predicted molar refractivity (Wildman–Crippen MR) is 40.7 cm³/mol. The highest BCUT2D eigenvalue weighted by atomic mass is 16.3. The van der Waals surface area contributed by atoms with Gasteiger partial charge in [-0.15, -0.1) is 0 Å². The van der Waals surface area contributed by atoms with Crippen molar-refractivity contribution in [1.82, 2.24) is 9.97 Å². The van der Waals surface area contributed by atoms with E-state index in [1.807, 2.05) is 0 Å². The minimum Gasteiger partial charge on any atom is -0.493 e. The van der Waals surface area contributed by atoms with Crippen LogP contribution < -0.4 is 11.5 Å². The summed E-state index contributed by atoms with van der Waals surface area (Å²) in [5.74, 6) is 0.572. The van der Waals surface area contributed by atoms with Gasteiger partial charge in [-0.2, -0.15) is 0 Å². The number of hydrogen-bond donors (Lipinski definition) is 4. The Bertz CT molecular complexity index is 243. The first-order valence-corrected chi connectivity index (χ1v) is 3.38. The number of hydrogen-bond acceptors (Lipinski definition) is 4. The Labute approximate surface area is 64.4 Å². The van der Waals surface area contributed by atoms with Crippen molar-refractivity contribution in [2.24, 2.45) is 11.5 Å². The van der Waals surface area contributed by atoms with Crippen LogP contribution in [0.15, 0.2) is 0 Å². The number of nitrogens with one attached hydrogen (secondary N) is 1. The maximum absolute atomic E-state index is 9.13. The standard InChI is InChI=1S/C6H12N4O/c1-3(8)5-9-4(2-7)6(11)10-5/h3,11H,2,7-8H2,1H3,(H,9,10). The molecule has 0 aromatic carbocycles. The Morgan fingerprint density at radius 1 is 1.73 bits per heavy atom. The number of rotatable bonds is 2. The summed E-state index contributed by atoms with van der Waals surface area (Å²) in [7, 11) is 0. The quantitative estimate of drug-likeness (QED) is 0.467. The molecule has 0 amide bonds. The molecule has 1 rings (SSSR count). The molecule has 11 heavy (non-hydrogen) atoms. The number of aromatic amines is 1. The average molecular weight is 156 g/mol. The van der Waals surface area contributed by atoms with E-state index in [9.17, 15) is 0 Å². The molecule has 0 saturated carbocycles. The molecular formula is C6H12N4O. The minimum atomic E-state index is -0.207. The summed E-state index contributed by atoms with van der Waals surface area (Å²) in [5, 5.41) is 9.13. The van der Waals surface area contributed by atoms with Crippen molar-refractivity contribution in [1.29, 1.82) is 0 Å². The molecule has 1 aromatic rings. The molecule has 62 valence electrons. The zero-order chi connectivity index (χ0) is 8.43. The van der Waals surface area contributed by atoms with E-state index in [1.165, 1.54) is 0 Å². The van der Waals surface area contributed by atoms with Gasteiger partial charge < -0.3 is 21.6 Å². The molecule has 0 spiro atoms. The molecule has 1 atom stereocenters. The van der Waals surface area contributed by atoms with Crippen molar-refractivity contribution in [2.45, 2.75) is 19.5 Å². The van der Waals surface area contributed by atoms with E-state index in [0.29, 0.717) is 11.5 Å². The van der Waals surface area contributed by atoms with Gasteiger partial charge in [0.15, 0.2) is 0 Å². The smallest absolute Gasteiger partial charge is 0.213 e. The zero-order valence-electron chi connectivity index (χ0n) is 6.33. The van der Waals surface area contributed by atoms with Gasteiger partial charge in [0.05, 0.1) is 6.04 Å². The minimum absolute atomic E-state index is 0.0137. The lowest BCUT2D eigenvalue weighted by molar-refractivity contribution is 0.448. The summed E-state index contributed by atoms with van der Waals surface area (Å²) >= 11 is 0. The SMILES string of the molecule is CC(N)c1nc(CN)c(O)[nH]1. The van der Waals surface area contributed by atoms with Crippen molar-refractivity contribution in [3.8, 4) is 5.88 Å². The molecule has 1 heterocycles. The fourth-order valence-electron chi connectivity index (χ4n) is 0.778. The molecule has 0 saturated heterocycles. The first-order valence-electron chi connectivity index (χ1n) is 3.38. The van der Waals surface area contributed by atoms with Gasteiger partial charge in [0.25, 0.3) is 0 Å². The van der Waals surface area contributed by atoms with E-state index in [-0.39, 0.29) is 18.5 Å². The topological polar surface area (TPSA) is 101 Å². The fourth-order valence-corrected chi connectivity index (χ4v) is 0.778. The fraction of sp³-hybridized carbons (Fsp3) is 0.500. The highest BCUT2D eigenvalue weighted by Crippen LogP contribution is 2.15. The highest BCUT2D eigenvalue weighted by molar-refractivity contribution is 5.19. The lowest BCUT2D eigenvalue weighted by atomic mass is 10.3. The van der Waals surface area contributed by atoms with Gasteiger partial charge in [-0.25, -0.2) is 4.98 Å². The molecule has 0 bridgehead atoms. The summed E-state index contributed by atoms with van der Waals surface area (Å²) in [6.07, 6.45) is 0. The van der Waals surface area contributed by atoms with Crippen LogP contribution in [0.25, 0.3) is 0 Å². The van der Waals surface area contributed by atoms with Crippen LogP contribution >= 0.6 is 0 Å². The van der Waals surface area contributed by atoms with Crippen molar-refractivity contribution < 1.29 is 5.11 Å². The van der Waals surface area contributed by atoms with E-state index in [0.717, 1.165) is 0 Å². The number of aromatic nitrogens is 2. The molecule has 0 aliphatic rings. The monoisotopic (exact) mass is 156 g/mol. The van der Waals surface area contributed by atoms with E-state index < -0.39 is 0 Å². The molecule has 0 fully saturated rings. The molecule has 0 aliphatic heterocycles. The van der Waals surface area contributed by atoms with Gasteiger partial charge in [-0.05, 0) is 6.92 Å². The summed E-state index contributed by atoms with van der Waals surface area (Å²) in [4.78, 5) is 6.61. The molecule has 0 aliphatic carbocycles. The Balaban J connectivity index is 2.95. The van der Waals surface area contributed by atoms with Crippen LogP contribution in [0.1, 0.15) is 24.5 Å². The van der Waals surface area contributed by atoms with E-state index >= 15 is 0 Å². The summed E-state index contributed by atoms with van der Waals surface area (Å²) in [5.41, 5.74) is 11.2. The van der Waals surface area contributed by atoms with Crippen molar-refractivity contribution in [3.05, 3.63) is 11.5 Å². The molecule has 1 unspecified atom stereocenters. The van der Waals surface area contributed by atoms with Gasteiger partial charge in [0.1, 0.15) is 11.5 Å². The second kappa shape index (κ2) is 2.89. The van der Waals surface area contributed by atoms with Gasteiger partial charge >= 0.3 is 0 Å². The Morgan fingerprint density at radius 3 is 2.64 bits per heavy atom. The second-order valence-electron chi connectivity index (χ2n) is 2.41. The third-order valence-electron chi connectivity index (χ3n) is 1.40. The third-order valence-corrected chi connectivity index (χ3v) is 1.40. The highest BCUT2D eigenvalue weighted by Gasteiger charge is 2.09. The summed E-state index contributed by atoms with van der Waals surface area (Å²) < 4.78 is 0. The maximum Gasteiger partial charge on any atom is 0.213 e. The predicted octanol–water partition coefficient (Wildman–Crippen LogP) is -0.406. The first kappa shape index (κ1) is 8.03. The summed E-state index contributed by atoms with van der Waals surface area (Å²) in [6.45, 7) is 1.99. The van der Waals surface area contributed by atoms with Crippen LogP contribution in [0.3, 0.4) is 0 Å². The number of nitrogens with two attached hydrogens (primary N) is 2. The normalized spacial score (nSPS) is 13.4. The van der Waals surface area contributed by atoms with Gasteiger partial charge in [0.2, 0.25) is 5.88 Å². The zero-order valence-corrected chi connectivity index (χ0v) is 6.33. The maximum atomic E-state index is 9.13. The van der Waals surface area contributed by atoms with Crippen LogP contribution in [0, 0.1) is 0 Å². The van der Waals surface area contributed by atoms with Crippen molar-refractivity contribution in [2.75, 3.05) is 0 Å². The average Bonchev–Trinajstić information content (AvgIpc) is 2.31. The van der Waals surface area contributed by atoms with Crippen molar-refractivity contribution >= 4 is 0 Å². The molecule has 1 aromatic heterocycles. The van der Waals surface area contributed by atoms with Gasteiger partial charge in [-0.1, -0.05) is 0 Å². The lowest BCUT2D eigenvalue weighted by Crippen LogP contribution is -2.07. The molecular weight excluding hydrogens is 144 g/mol. The van der Waals surface area contributed by atoms with Crippen LogP contribution in [-0.4, -0.2) is 15.1 Å². The van der Waals surface area contributed by atoms with Crippen LogP contribution in [-0.2, 0) is 6.54 Å². The number of aromatic hydroxyl groups is 1. The third kappa shape index (κ3) is 1.50. The first-order chi connectivity index (χ1) is 5.15. The van der Waals surface area contributed by atoms with E-state index in [1.54, 1.807) is 6.92 Å². The Kier molecular flexibility index (Phi) is 2.11. The number of imidazole rings is 1. The summed E-state index contributed by atoms with van der Waals surface area (Å²) in [6, 6.07) is -0.207. The van der Waals surface area contributed by atoms with Gasteiger partial charge in [-0.3, -0.25) is 0 Å². The Morgan fingerprint density at radius 2 is 2.36 bits per heavy atom. The van der Waals surface area contributed by atoms with E-state index in [4.69, 9.17) is 16.6 Å². The van der Waals surface area contributed by atoms with Gasteiger partial charge in [0, 0.05) is 6.54 Å². The molecule has 5 nitrogen and oxygen atoms in total. The lowest BCUT2D eigenvalue weighted by Gasteiger charge is -1.96. The van der Waals surface area contributed by atoms with Crippen LogP contribution in [0.2, 0.25) is 0 Å². The molecule has 0 radical (unpaired) electrons. The molecule has 6 N–H and O–H groups in total. The number of nitrogens with zero attached hydrogens (tertiary/aromatic N) is 1. The van der Waals surface area contributed by atoms with Crippen LogP contribution in [0.5, 0.6) is 5.88 Å². The second-order valence-corrected chi connectivity index (χ2v) is 2.41. The van der Waals surface area contributed by atoms with Crippen molar-refractivity contribution in [3.63, 3.8) is 0 Å². The molecule has 5 heteroatoms. The van der Waals surface area contributed by atoms with E-state index in [2.05, 4.69) is 9.97 Å². The largest absolute Gasteiger partial charge is 0.493 e. The Hall–Kier alpha value is -1.07.